The van der Waals surface area contributed by atoms with Crippen LogP contribution in [-0.2, 0) is 16.6 Å². The van der Waals surface area contributed by atoms with Crippen LogP contribution in [0.2, 0.25) is 0 Å². The van der Waals surface area contributed by atoms with Crippen LogP contribution in [0.3, 0.4) is 0 Å². The first-order valence-corrected chi connectivity index (χ1v) is 12.7. The number of aliphatic hydroxyl groups excluding tert-OH is 1. The Balaban J connectivity index is 1.69. The Labute approximate surface area is 200 Å². The van der Waals surface area contributed by atoms with Crippen molar-refractivity contribution < 1.29 is 14.6 Å². The highest BCUT2D eigenvalue weighted by atomic mass is 16.5. The summed E-state index contributed by atoms with van der Waals surface area (Å²) in [5.41, 5.74) is 4.50. The molecular formula is C30H42O3. The minimum Gasteiger partial charge on any atom is -0.497 e. The van der Waals surface area contributed by atoms with Crippen LogP contribution in [0.25, 0.3) is 0 Å². The van der Waals surface area contributed by atoms with E-state index >= 15 is 0 Å². The van der Waals surface area contributed by atoms with Gasteiger partial charge in [-0.15, -0.1) is 0 Å². The Morgan fingerprint density at radius 2 is 1.76 bits per heavy atom. The largest absolute Gasteiger partial charge is 0.497 e. The summed E-state index contributed by atoms with van der Waals surface area (Å²) in [5, 5.41) is 9.95. The third kappa shape index (κ3) is 4.59. The third-order valence-corrected chi connectivity index (χ3v) is 8.78. The third-order valence-electron chi connectivity index (χ3n) is 8.78. The van der Waals surface area contributed by atoms with Gasteiger partial charge in [-0.2, -0.15) is 0 Å². The van der Waals surface area contributed by atoms with E-state index in [1.54, 1.807) is 7.11 Å². The maximum atomic E-state index is 9.95. The molecule has 2 aromatic rings. The number of methoxy groups -OCH3 is 1. The van der Waals surface area contributed by atoms with Crippen molar-refractivity contribution in [1.82, 2.24) is 0 Å². The number of aryl methyl sites for hydroxylation is 1. The van der Waals surface area contributed by atoms with Crippen molar-refractivity contribution in [2.45, 2.75) is 90.4 Å². The van der Waals surface area contributed by atoms with E-state index in [2.05, 4.69) is 76.2 Å². The number of rotatable bonds is 7. The molecule has 0 aliphatic heterocycles. The molecule has 2 aromatic carbocycles. The van der Waals surface area contributed by atoms with Crippen molar-refractivity contribution in [3.05, 3.63) is 65.2 Å². The molecule has 180 valence electrons. The zero-order valence-corrected chi connectivity index (χ0v) is 21.3. The second-order valence-corrected chi connectivity index (χ2v) is 11.4. The van der Waals surface area contributed by atoms with Crippen molar-refractivity contribution >= 4 is 0 Å². The molecule has 0 heterocycles. The summed E-state index contributed by atoms with van der Waals surface area (Å²) in [6, 6.07) is 17.4. The zero-order chi connectivity index (χ0) is 23.8. The van der Waals surface area contributed by atoms with Crippen LogP contribution in [0.1, 0.15) is 83.1 Å². The Morgan fingerprint density at radius 1 is 1.03 bits per heavy atom. The number of ether oxygens (including phenoxy) is 2. The van der Waals surface area contributed by atoms with E-state index in [0.717, 1.165) is 25.0 Å². The van der Waals surface area contributed by atoms with E-state index in [1.807, 2.05) is 6.92 Å². The monoisotopic (exact) mass is 450 g/mol. The molecule has 4 rings (SSSR count). The van der Waals surface area contributed by atoms with Crippen LogP contribution in [-0.4, -0.2) is 24.4 Å². The van der Waals surface area contributed by atoms with Gasteiger partial charge in [0.1, 0.15) is 5.75 Å². The van der Waals surface area contributed by atoms with E-state index in [0.29, 0.717) is 18.3 Å². The Morgan fingerprint density at radius 3 is 2.42 bits per heavy atom. The van der Waals surface area contributed by atoms with Gasteiger partial charge in [-0.05, 0) is 97.4 Å². The average molecular weight is 451 g/mol. The van der Waals surface area contributed by atoms with Gasteiger partial charge < -0.3 is 14.6 Å². The quantitative estimate of drug-likeness (QED) is 0.500. The number of hydrogen-bond acceptors (Lipinski definition) is 3. The number of aliphatic hydroxyl groups is 1. The van der Waals surface area contributed by atoms with Crippen LogP contribution >= 0.6 is 0 Å². The minimum absolute atomic E-state index is 0.00987. The normalized spacial score (nSPS) is 28.8. The molecule has 2 aliphatic rings. The summed E-state index contributed by atoms with van der Waals surface area (Å²) in [7, 11) is 1.77. The lowest BCUT2D eigenvalue weighted by Crippen LogP contribution is -2.53. The van der Waals surface area contributed by atoms with Gasteiger partial charge in [0.25, 0.3) is 0 Å². The average Bonchev–Trinajstić information content (AvgIpc) is 2.77. The lowest BCUT2D eigenvalue weighted by molar-refractivity contribution is -0.123. The maximum Gasteiger partial charge on any atom is 0.119 e. The van der Waals surface area contributed by atoms with Crippen molar-refractivity contribution in [1.29, 1.82) is 0 Å². The molecule has 0 unspecified atom stereocenters. The molecule has 1 fully saturated rings. The highest BCUT2D eigenvalue weighted by molar-refractivity contribution is 5.44. The lowest BCUT2D eigenvalue weighted by atomic mass is 9.46. The first-order chi connectivity index (χ1) is 15.7. The summed E-state index contributed by atoms with van der Waals surface area (Å²) < 4.78 is 12.4. The Kier molecular flexibility index (Phi) is 6.94. The molecule has 0 spiro atoms. The zero-order valence-electron chi connectivity index (χ0n) is 21.3. The van der Waals surface area contributed by atoms with Crippen molar-refractivity contribution in [2.24, 2.45) is 17.3 Å². The van der Waals surface area contributed by atoms with Crippen LogP contribution < -0.4 is 4.74 Å². The topological polar surface area (TPSA) is 38.7 Å². The number of hydrogen-bond donors (Lipinski definition) is 1. The van der Waals surface area contributed by atoms with Gasteiger partial charge in [-0.1, -0.05) is 57.2 Å². The van der Waals surface area contributed by atoms with Crippen LogP contribution in [0.5, 0.6) is 5.75 Å². The van der Waals surface area contributed by atoms with E-state index in [-0.39, 0.29) is 29.1 Å². The maximum absolute atomic E-state index is 9.95. The molecule has 0 saturated heterocycles. The van der Waals surface area contributed by atoms with Gasteiger partial charge in [0.05, 0.1) is 25.4 Å². The molecule has 0 amide bonds. The van der Waals surface area contributed by atoms with Crippen LogP contribution in [0.4, 0.5) is 0 Å². The Bertz CT molecular complexity index is 935. The van der Waals surface area contributed by atoms with Gasteiger partial charge in [0.15, 0.2) is 0 Å². The second kappa shape index (κ2) is 9.43. The van der Waals surface area contributed by atoms with E-state index in [9.17, 15) is 5.11 Å². The first kappa shape index (κ1) is 24.3. The molecule has 2 aliphatic carbocycles. The Hall–Kier alpha value is -1.84. The molecule has 33 heavy (non-hydrogen) atoms. The fraction of sp³-hybridized carbons (Fsp3) is 0.600. The van der Waals surface area contributed by atoms with Crippen LogP contribution in [0.15, 0.2) is 48.5 Å². The first-order valence-electron chi connectivity index (χ1n) is 12.7. The molecule has 6 atom stereocenters. The summed E-state index contributed by atoms with van der Waals surface area (Å²) in [6.07, 6.45) is 4.96. The molecule has 0 radical (unpaired) electrons. The van der Waals surface area contributed by atoms with E-state index < -0.39 is 0 Å². The molecule has 0 aromatic heterocycles. The van der Waals surface area contributed by atoms with Gasteiger partial charge in [0, 0.05) is 0 Å². The van der Waals surface area contributed by atoms with Crippen molar-refractivity contribution in [3.63, 3.8) is 0 Å². The van der Waals surface area contributed by atoms with Gasteiger partial charge >= 0.3 is 0 Å². The fourth-order valence-electron chi connectivity index (χ4n) is 7.20. The number of fused-ring (bicyclic) bond motifs is 3. The summed E-state index contributed by atoms with van der Waals surface area (Å²) in [5.74, 6) is 1.96. The van der Waals surface area contributed by atoms with Crippen molar-refractivity contribution in [2.75, 3.05) is 7.11 Å². The lowest BCUT2D eigenvalue weighted by Gasteiger charge is -2.59. The molecule has 1 N–H and O–H groups in total. The highest BCUT2D eigenvalue weighted by Gasteiger charge is 2.55. The predicted octanol–water partition coefficient (Wildman–Crippen LogP) is 6.87. The van der Waals surface area contributed by atoms with Gasteiger partial charge in [0.2, 0.25) is 0 Å². The predicted molar refractivity (Wildman–Crippen MR) is 135 cm³/mol. The summed E-state index contributed by atoms with van der Waals surface area (Å²) in [4.78, 5) is 0. The van der Waals surface area contributed by atoms with Crippen molar-refractivity contribution in [3.8, 4) is 5.75 Å². The minimum atomic E-state index is -0.357. The fourth-order valence-corrected chi connectivity index (χ4v) is 7.20. The molecule has 3 heteroatoms. The van der Waals surface area contributed by atoms with Gasteiger partial charge in [-0.3, -0.25) is 0 Å². The second-order valence-electron chi connectivity index (χ2n) is 11.4. The molecule has 0 bridgehead atoms. The highest BCUT2D eigenvalue weighted by Crippen LogP contribution is 2.62. The van der Waals surface area contributed by atoms with Gasteiger partial charge in [-0.25, -0.2) is 0 Å². The van der Waals surface area contributed by atoms with E-state index in [1.165, 1.54) is 23.1 Å². The molecule has 1 saturated carbocycles. The SMILES string of the molecule is COc1ccc2c(c1)[C@@]1(C)CC[C@H]([C@@H](O[C@H](C)C[C@@H](C)O)c3ccccc3)C(C)(C)[C@@H]1CC2. The molecule has 3 nitrogen and oxygen atoms in total. The summed E-state index contributed by atoms with van der Waals surface area (Å²) >= 11 is 0. The molecular weight excluding hydrogens is 408 g/mol. The smallest absolute Gasteiger partial charge is 0.119 e. The summed E-state index contributed by atoms with van der Waals surface area (Å²) in [6.45, 7) is 11.4. The standard InChI is InChI=1S/C30H42O3/c1-20(31)18-21(2)33-28(23-10-8-7-9-11-23)25-16-17-30(5)26-19-24(32-6)14-12-22(26)13-15-27(30)29(25,3)4/h7-12,14,19-21,25,27-28,31H,13,15-18H2,1-6H3/t20-,21-,25-,27+,28+,30-/m1/s1. The van der Waals surface area contributed by atoms with E-state index in [4.69, 9.17) is 9.47 Å². The number of benzene rings is 2. The van der Waals surface area contributed by atoms with Crippen LogP contribution in [0, 0.1) is 17.3 Å².